The van der Waals surface area contributed by atoms with Crippen LogP contribution >= 0.6 is 0 Å². The topological polar surface area (TPSA) is 35.5 Å². The van der Waals surface area contributed by atoms with Crippen molar-refractivity contribution in [1.29, 1.82) is 0 Å². The van der Waals surface area contributed by atoms with Gasteiger partial charge in [0.15, 0.2) is 0 Å². The van der Waals surface area contributed by atoms with Crippen molar-refractivity contribution >= 4 is 5.97 Å². The highest BCUT2D eigenvalue weighted by Gasteiger charge is 2.14. The second kappa shape index (κ2) is 8.00. The van der Waals surface area contributed by atoms with Gasteiger partial charge in [0.25, 0.3) is 0 Å². The highest BCUT2D eigenvalue weighted by molar-refractivity contribution is 5.72. The second-order valence-corrected chi connectivity index (χ2v) is 7.05. The summed E-state index contributed by atoms with van der Waals surface area (Å²) >= 11 is 0. The number of carbonyl (C=O) groups excluding carboxylic acids is 1. The molecule has 2 rings (SSSR count). The van der Waals surface area contributed by atoms with Crippen molar-refractivity contribution in [2.24, 2.45) is 0 Å². The van der Waals surface area contributed by atoms with Crippen LogP contribution in [0.25, 0.3) is 0 Å². The highest BCUT2D eigenvalue weighted by Crippen LogP contribution is 2.24. The van der Waals surface area contributed by atoms with E-state index < -0.39 is 0 Å². The molecule has 0 aromatic heterocycles. The second-order valence-electron chi connectivity index (χ2n) is 7.05. The Hall–Kier alpha value is -2.29. The Kier molecular flexibility index (Phi) is 6.02. The summed E-state index contributed by atoms with van der Waals surface area (Å²) in [4.78, 5) is 11.9. The SMILES string of the molecule is CC(COc1ccc(C(C)(C)C)cc1)OC(=O)Cc1ccccc1. The summed E-state index contributed by atoms with van der Waals surface area (Å²) in [6, 6.07) is 17.6. The van der Waals surface area contributed by atoms with Gasteiger partial charge in [-0.15, -0.1) is 0 Å². The van der Waals surface area contributed by atoms with Gasteiger partial charge in [-0.2, -0.15) is 0 Å². The van der Waals surface area contributed by atoms with Gasteiger partial charge in [-0.3, -0.25) is 4.79 Å². The van der Waals surface area contributed by atoms with Gasteiger partial charge in [-0.05, 0) is 35.6 Å². The minimum Gasteiger partial charge on any atom is -0.490 e. The van der Waals surface area contributed by atoms with Crippen LogP contribution in [0, 0.1) is 0 Å². The number of benzene rings is 2. The molecule has 3 nitrogen and oxygen atoms in total. The zero-order valence-corrected chi connectivity index (χ0v) is 14.9. The van der Waals surface area contributed by atoms with E-state index in [1.807, 2.05) is 49.4 Å². The molecule has 0 amide bonds. The van der Waals surface area contributed by atoms with E-state index in [2.05, 4.69) is 32.9 Å². The Balaban J connectivity index is 1.78. The average molecular weight is 326 g/mol. The van der Waals surface area contributed by atoms with E-state index in [1.54, 1.807) is 0 Å². The molecule has 1 unspecified atom stereocenters. The van der Waals surface area contributed by atoms with E-state index in [0.29, 0.717) is 6.61 Å². The van der Waals surface area contributed by atoms with Crippen molar-refractivity contribution in [3.05, 3.63) is 65.7 Å². The number of esters is 1. The minimum atomic E-state index is -0.288. The van der Waals surface area contributed by atoms with E-state index >= 15 is 0 Å². The van der Waals surface area contributed by atoms with Gasteiger partial charge >= 0.3 is 5.97 Å². The predicted molar refractivity (Wildman–Crippen MR) is 96.3 cm³/mol. The number of hydrogen-bond acceptors (Lipinski definition) is 3. The molecule has 24 heavy (non-hydrogen) atoms. The Morgan fingerprint density at radius 1 is 1.00 bits per heavy atom. The molecule has 0 aliphatic heterocycles. The summed E-state index contributed by atoms with van der Waals surface area (Å²) in [5, 5.41) is 0. The molecule has 0 N–H and O–H groups in total. The van der Waals surface area contributed by atoms with E-state index in [0.717, 1.165) is 11.3 Å². The molecule has 0 bridgehead atoms. The fourth-order valence-corrected chi connectivity index (χ4v) is 2.33. The maximum absolute atomic E-state index is 11.9. The number of hydrogen-bond donors (Lipinski definition) is 0. The molecule has 0 heterocycles. The maximum atomic E-state index is 11.9. The average Bonchev–Trinajstić information content (AvgIpc) is 2.53. The van der Waals surface area contributed by atoms with Gasteiger partial charge in [0.1, 0.15) is 18.5 Å². The van der Waals surface area contributed by atoms with Gasteiger partial charge in [0.05, 0.1) is 6.42 Å². The van der Waals surface area contributed by atoms with Crippen molar-refractivity contribution in [3.63, 3.8) is 0 Å². The molecular weight excluding hydrogens is 300 g/mol. The Morgan fingerprint density at radius 3 is 2.21 bits per heavy atom. The first kappa shape index (κ1) is 18.1. The van der Waals surface area contributed by atoms with Gasteiger partial charge in [-0.25, -0.2) is 0 Å². The third-order valence-corrected chi connectivity index (χ3v) is 3.73. The normalized spacial score (nSPS) is 12.5. The summed E-state index contributed by atoms with van der Waals surface area (Å²) in [6.07, 6.45) is -0.00523. The summed E-state index contributed by atoms with van der Waals surface area (Å²) in [7, 11) is 0. The summed E-state index contributed by atoms with van der Waals surface area (Å²) < 4.78 is 11.1. The molecule has 128 valence electrons. The van der Waals surface area contributed by atoms with E-state index in [9.17, 15) is 4.79 Å². The molecule has 3 heteroatoms. The van der Waals surface area contributed by atoms with Crippen molar-refractivity contribution in [2.45, 2.75) is 45.6 Å². The van der Waals surface area contributed by atoms with Crippen molar-refractivity contribution in [2.75, 3.05) is 6.61 Å². The number of carbonyl (C=O) groups is 1. The Bertz CT molecular complexity index is 639. The van der Waals surface area contributed by atoms with Crippen LogP contribution in [0.4, 0.5) is 0 Å². The van der Waals surface area contributed by atoms with Crippen molar-refractivity contribution in [3.8, 4) is 5.75 Å². The summed E-state index contributed by atoms with van der Waals surface area (Å²) in [6.45, 7) is 8.72. The largest absolute Gasteiger partial charge is 0.490 e. The molecule has 0 fully saturated rings. The summed E-state index contributed by atoms with van der Waals surface area (Å²) in [5.41, 5.74) is 2.34. The van der Waals surface area contributed by atoms with E-state index in [1.165, 1.54) is 5.56 Å². The first-order chi connectivity index (χ1) is 11.3. The van der Waals surface area contributed by atoms with Crippen LogP contribution in [-0.4, -0.2) is 18.7 Å². The molecule has 0 aliphatic carbocycles. The van der Waals surface area contributed by atoms with Gasteiger partial charge in [0.2, 0.25) is 0 Å². The fourth-order valence-electron chi connectivity index (χ4n) is 2.33. The third kappa shape index (κ3) is 5.73. The standard InChI is InChI=1S/C21H26O3/c1-16(24-20(22)14-17-8-6-5-7-9-17)15-23-19-12-10-18(11-13-19)21(2,3)4/h5-13,16H,14-15H2,1-4H3. The molecule has 0 radical (unpaired) electrons. The first-order valence-corrected chi connectivity index (χ1v) is 8.31. The van der Waals surface area contributed by atoms with Gasteiger partial charge in [0, 0.05) is 0 Å². The van der Waals surface area contributed by atoms with Crippen LogP contribution in [0.1, 0.15) is 38.8 Å². The van der Waals surface area contributed by atoms with Crippen LogP contribution in [0.3, 0.4) is 0 Å². The lowest BCUT2D eigenvalue weighted by Gasteiger charge is -2.19. The van der Waals surface area contributed by atoms with E-state index in [4.69, 9.17) is 9.47 Å². The lowest BCUT2D eigenvalue weighted by Crippen LogP contribution is -2.23. The van der Waals surface area contributed by atoms with E-state index in [-0.39, 0.29) is 23.9 Å². The predicted octanol–water partition coefficient (Wildman–Crippen LogP) is 4.54. The zero-order chi connectivity index (χ0) is 17.6. The third-order valence-electron chi connectivity index (χ3n) is 3.73. The van der Waals surface area contributed by atoms with Crippen LogP contribution in [0.5, 0.6) is 5.75 Å². The molecule has 2 aromatic rings. The molecular formula is C21H26O3. The van der Waals surface area contributed by atoms with Crippen LogP contribution in [0.2, 0.25) is 0 Å². The molecule has 0 aliphatic rings. The van der Waals surface area contributed by atoms with Crippen molar-refractivity contribution in [1.82, 2.24) is 0 Å². The Labute approximate surface area is 144 Å². The molecule has 2 aromatic carbocycles. The number of ether oxygens (including phenoxy) is 2. The molecule has 0 saturated heterocycles. The van der Waals surface area contributed by atoms with Crippen molar-refractivity contribution < 1.29 is 14.3 Å². The summed E-state index contributed by atoms with van der Waals surface area (Å²) in [5.74, 6) is 0.550. The lowest BCUT2D eigenvalue weighted by atomic mass is 9.87. The lowest BCUT2D eigenvalue weighted by molar-refractivity contribution is -0.148. The fraction of sp³-hybridized carbons (Fsp3) is 0.381. The smallest absolute Gasteiger partial charge is 0.310 e. The molecule has 1 atom stereocenters. The highest BCUT2D eigenvalue weighted by atomic mass is 16.6. The zero-order valence-electron chi connectivity index (χ0n) is 14.9. The maximum Gasteiger partial charge on any atom is 0.310 e. The first-order valence-electron chi connectivity index (χ1n) is 8.31. The van der Waals surface area contributed by atoms with Gasteiger partial charge in [-0.1, -0.05) is 63.2 Å². The molecule has 0 spiro atoms. The quantitative estimate of drug-likeness (QED) is 0.731. The van der Waals surface area contributed by atoms with Gasteiger partial charge < -0.3 is 9.47 Å². The molecule has 0 saturated carbocycles. The minimum absolute atomic E-state index is 0.124. The van der Waals surface area contributed by atoms with Crippen LogP contribution in [-0.2, 0) is 21.4 Å². The number of rotatable bonds is 6. The monoisotopic (exact) mass is 326 g/mol. The van der Waals surface area contributed by atoms with Crippen LogP contribution in [0.15, 0.2) is 54.6 Å². The Morgan fingerprint density at radius 2 is 1.62 bits per heavy atom. The van der Waals surface area contributed by atoms with Crippen LogP contribution < -0.4 is 4.74 Å².